The lowest BCUT2D eigenvalue weighted by Crippen LogP contribution is -2.32. The highest BCUT2D eigenvalue weighted by atomic mass is 16.4. The van der Waals surface area contributed by atoms with Crippen LogP contribution < -0.4 is 11.5 Å². The van der Waals surface area contributed by atoms with Gasteiger partial charge in [-0.1, -0.05) is 17.7 Å². The molecule has 1 aromatic carbocycles. The maximum Gasteiger partial charge on any atom is 0.320 e. The van der Waals surface area contributed by atoms with Crippen molar-refractivity contribution in [3.05, 3.63) is 29.3 Å². The minimum absolute atomic E-state index is 0.267. The predicted octanol–water partition coefficient (Wildman–Crippen LogP) is 0.532. The molecule has 1 aromatic rings. The van der Waals surface area contributed by atoms with Gasteiger partial charge in [-0.2, -0.15) is 0 Å². The van der Waals surface area contributed by atoms with Crippen molar-refractivity contribution in [1.82, 2.24) is 0 Å². The van der Waals surface area contributed by atoms with Gasteiger partial charge in [0, 0.05) is 12.1 Å². The first-order valence-corrected chi connectivity index (χ1v) is 4.34. The molecule has 0 aliphatic carbocycles. The highest BCUT2D eigenvalue weighted by Crippen LogP contribution is 2.15. The van der Waals surface area contributed by atoms with Gasteiger partial charge in [-0.3, -0.25) is 4.79 Å². The van der Waals surface area contributed by atoms with E-state index in [4.69, 9.17) is 16.6 Å². The second kappa shape index (κ2) is 4.11. The van der Waals surface area contributed by atoms with Crippen LogP contribution in [0.5, 0.6) is 0 Å². The number of nitrogens with two attached hydrogens (primary N) is 2. The van der Waals surface area contributed by atoms with Crippen molar-refractivity contribution in [2.75, 3.05) is 5.73 Å². The number of carboxylic acid groups (broad SMARTS) is 1. The molecule has 1 rings (SSSR count). The molecule has 0 fully saturated rings. The van der Waals surface area contributed by atoms with Crippen LogP contribution in [0.1, 0.15) is 11.1 Å². The largest absolute Gasteiger partial charge is 0.480 e. The molecule has 0 heterocycles. The van der Waals surface area contributed by atoms with Crippen LogP contribution in [0, 0.1) is 6.92 Å². The molecule has 0 radical (unpaired) electrons. The number of carbonyl (C=O) groups is 1. The fourth-order valence-electron chi connectivity index (χ4n) is 1.24. The Morgan fingerprint density at radius 1 is 1.57 bits per heavy atom. The van der Waals surface area contributed by atoms with Crippen molar-refractivity contribution in [3.63, 3.8) is 0 Å². The van der Waals surface area contributed by atoms with Gasteiger partial charge in [-0.15, -0.1) is 0 Å². The average molecular weight is 194 g/mol. The molecule has 0 bridgehead atoms. The molecule has 0 aliphatic heterocycles. The van der Waals surface area contributed by atoms with Crippen molar-refractivity contribution in [2.45, 2.75) is 19.4 Å². The topological polar surface area (TPSA) is 89.3 Å². The van der Waals surface area contributed by atoms with Crippen molar-refractivity contribution < 1.29 is 9.90 Å². The zero-order valence-electron chi connectivity index (χ0n) is 8.03. The summed E-state index contributed by atoms with van der Waals surface area (Å²) in [6, 6.07) is 4.61. The molecule has 0 spiro atoms. The van der Waals surface area contributed by atoms with E-state index in [1.54, 1.807) is 6.07 Å². The normalized spacial score (nSPS) is 12.4. The number of nitrogen functional groups attached to an aromatic ring is 1. The molecule has 0 aliphatic rings. The quantitative estimate of drug-likeness (QED) is 0.612. The minimum atomic E-state index is -1.01. The molecular weight excluding hydrogens is 180 g/mol. The summed E-state index contributed by atoms with van der Waals surface area (Å²) < 4.78 is 0. The number of hydrogen-bond acceptors (Lipinski definition) is 3. The molecule has 76 valence electrons. The van der Waals surface area contributed by atoms with Gasteiger partial charge < -0.3 is 16.6 Å². The Balaban J connectivity index is 2.85. The molecule has 4 heteroatoms. The van der Waals surface area contributed by atoms with Gasteiger partial charge in [0.05, 0.1) is 0 Å². The SMILES string of the molecule is Cc1ccc(N)c(CC(N)C(=O)O)c1. The summed E-state index contributed by atoms with van der Waals surface area (Å²) >= 11 is 0. The third-order valence-corrected chi connectivity index (χ3v) is 2.06. The van der Waals surface area contributed by atoms with E-state index in [2.05, 4.69) is 0 Å². The van der Waals surface area contributed by atoms with E-state index in [9.17, 15) is 4.79 Å². The molecular formula is C10H14N2O2. The summed E-state index contributed by atoms with van der Waals surface area (Å²) in [6.45, 7) is 1.93. The van der Waals surface area contributed by atoms with E-state index in [0.717, 1.165) is 11.1 Å². The number of aryl methyl sites for hydroxylation is 1. The van der Waals surface area contributed by atoms with Gasteiger partial charge in [-0.25, -0.2) is 0 Å². The lowest BCUT2D eigenvalue weighted by molar-refractivity contribution is -0.138. The van der Waals surface area contributed by atoms with Crippen LogP contribution in [-0.2, 0) is 11.2 Å². The average Bonchev–Trinajstić information content (AvgIpc) is 2.11. The van der Waals surface area contributed by atoms with Gasteiger partial charge in [0.25, 0.3) is 0 Å². The highest BCUT2D eigenvalue weighted by Gasteiger charge is 2.13. The third kappa shape index (κ3) is 2.47. The summed E-state index contributed by atoms with van der Waals surface area (Å²) in [7, 11) is 0. The van der Waals surface area contributed by atoms with Crippen LogP contribution in [0.2, 0.25) is 0 Å². The molecule has 14 heavy (non-hydrogen) atoms. The van der Waals surface area contributed by atoms with E-state index in [-0.39, 0.29) is 6.42 Å². The summed E-state index contributed by atoms with van der Waals surface area (Å²) in [4.78, 5) is 10.5. The number of benzene rings is 1. The van der Waals surface area contributed by atoms with Gasteiger partial charge in [0.15, 0.2) is 0 Å². The van der Waals surface area contributed by atoms with E-state index < -0.39 is 12.0 Å². The van der Waals surface area contributed by atoms with Crippen molar-refractivity contribution in [1.29, 1.82) is 0 Å². The first-order valence-electron chi connectivity index (χ1n) is 4.34. The number of rotatable bonds is 3. The third-order valence-electron chi connectivity index (χ3n) is 2.06. The van der Waals surface area contributed by atoms with Gasteiger partial charge >= 0.3 is 5.97 Å². The Morgan fingerprint density at radius 3 is 2.79 bits per heavy atom. The number of anilines is 1. The van der Waals surface area contributed by atoms with Crippen molar-refractivity contribution in [3.8, 4) is 0 Å². The predicted molar refractivity (Wildman–Crippen MR) is 54.9 cm³/mol. The fourth-order valence-corrected chi connectivity index (χ4v) is 1.24. The Morgan fingerprint density at radius 2 is 2.21 bits per heavy atom. The molecule has 0 aromatic heterocycles. The number of aliphatic carboxylic acids is 1. The Bertz CT molecular complexity index is 350. The second-order valence-corrected chi connectivity index (χ2v) is 3.35. The van der Waals surface area contributed by atoms with Crippen LogP contribution in [0.15, 0.2) is 18.2 Å². The molecule has 0 saturated heterocycles. The van der Waals surface area contributed by atoms with Crippen LogP contribution in [0.25, 0.3) is 0 Å². The van der Waals surface area contributed by atoms with Gasteiger partial charge in [0.1, 0.15) is 6.04 Å². The van der Waals surface area contributed by atoms with Gasteiger partial charge in [-0.05, 0) is 18.6 Å². The Hall–Kier alpha value is -1.55. The fraction of sp³-hybridized carbons (Fsp3) is 0.300. The lowest BCUT2D eigenvalue weighted by Gasteiger charge is -2.09. The summed E-state index contributed by atoms with van der Waals surface area (Å²) in [6.07, 6.45) is 0.267. The second-order valence-electron chi connectivity index (χ2n) is 3.35. The van der Waals surface area contributed by atoms with E-state index in [0.29, 0.717) is 5.69 Å². The molecule has 4 nitrogen and oxygen atoms in total. The summed E-state index contributed by atoms with van der Waals surface area (Å²) in [5, 5.41) is 8.64. The Kier molecular flexibility index (Phi) is 3.09. The zero-order chi connectivity index (χ0) is 10.7. The van der Waals surface area contributed by atoms with Crippen LogP contribution >= 0.6 is 0 Å². The molecule has 5 N–H and O–H groups in total. The first-order chi connectivity index (χ1) is 6.50. The summed E-state index contributed by atoms with van der Waals surface area (Å²) in [5.41, 5.74) is 13.5. The lowest BCUT2D eigenvalue weighted by atomic mass is 10.0. The molecule has 1 unspecified atom stereocenters. The van der Waals surface area contributed by atoms with Crippen LogP contribution in [0.3, 0.4) is 0 Å². The number of carboxylic acids is 1. The van der Waals surface area contributed by atoms with E-state index >= 15 is 0 Å². The van der Waals surface area contributed by atoms with Crippen LogP contribution in [-0.4, -0.2) is 17.1 Å². The van der Waals surface area contributed by atoms with Crippen LogP contribution in [0.4, 0.5) is 5.69 Å². The smallest absolute Gasteiger partial charge is 0.320 e. The highest BCUT2D eigenvalue weighted by molar-refractivity contribution is 5.74. The number of hydrogen-bond donors (Lipinski definition) is 3. The van der Waals surface area contributed by atoms with Gasteiger partial charge in [0.2, 0.25) is 0 Å². The molecule has 0 saturated carbocycles. The van der Waals surface area contributed by atoms with E-state index in [1.807, 2.05) is 19.1 Å². The van der Waals surface area contributed by atoms with Crippen molar-refractivity contribution in [2.24, 2.45) is 5.73 Å². The van der Waals surface area contributed by atoms with E-state index in [1.165, 1.54) is 0 Å². The maximum absolute atomic E-state index is 10.5. The minimum Gasteiger partial charge on any atom is -0.480 e. The zero-order valence-corrected chi connectivity index (χ0v) is 8.03. The monoisotopic (exact) mass is 194 g/mol. The first kappa shape index (κ1) is 10.5. The summed E-state index contributed by atoms with van der Waals surface area (Å²) in [5.74, 6) is -1.01. The maximum atomic E-state index is 10.5. The molecule has 0 amide bonds. The van der Waals surface area contributed by atoms with Crippen molar-refractivity contribution >= 4 is 11.7 Å². The Labute approximate surface area is 82.5 Å². The standard InChI is InChI=1S/C10H14N2O2/c1-6-2-3-8(11)7(4-6)5-9(12)10(13)14/h2-4,9H,5,11-12H2,1H3,(H,13,14). The molecule has 1 atom stereocenters.